The summed E-state index contributed by atoms with van der Waals surface area (Å²) in [5.74, 6) is 0.264. The first-order valence-electron chi connectivity index (χ1n) is 11.1. The lowest BCUT2D eigenvalue weighted by molar-refractivity contribution is -0.113. The second-order valence-corrected chi connectivity index (χ2v) is 8.00. The fourth-order valence-corrected chi connectivity index (χ4v) is 4.32. The summed E-state index contributed by atoms with van der Waals surface area (Å²) in [5.41, 5.74) is 7.42. The summed E-state index contributed by atoms with van der Waals surface area (Å²) < 4.78 is 6.02. The number of hydrogen-bond donors (Lipinski definition) is 2. The topological polar surface area (TPSA) is 49.7 Å². The van der Waals surface area contributed by atoms with Crippen molar-refractivity contribution in [3.63, 3.8) is 0 Å². The fourth-order valence-electron chi connectivity index (χ4n) is 4.32. The van der Waals surface area contributed by atoms with Crippen molar-refractivity contribution in [2.24, 2.45) is 0 Å². The van der Waals surface area contributed by atoms with E-state index in [9.17, 15) is 10.2 Å². The van der Waals surface area contributed by atoms with E-state index < -0.39 is 6.10 Å². The van der Waals surface area contributed by atoms with Crippen LogP contribution >= 0.6 is 0 Å². The van der Waals surface area contributed by atoms with E-state index in [1.54, 1.807) is 0 Å². The van der Waals surface area contributed by atoms with Gasteiger partial charge in [0.2, 0.25) is 0 Å². The average Bonchev–Trinajstić information content (AvgIpc) is 3.05. The first-order valence-corrected chi connectivity index (χ1v) is 11.1. The van der Waals surface area contributed by atoms with Crippen LogP contribution in [-0.2, 0) is 4.74 Å². The Hall–Kier alpha value is -2.20. The molecule has 0 bridgehead atoms. The summed E-state index contributed by atoms with van der Waals surface area (Å²) in [7, 11) is 0. The van der Waals surface area contributed by atoms with Gasteiger partial charge in [0.1, 0.15) is 0 Å². The van der Waals surface area contributed by atoms with Crippen molar-refractivity contribution in [1.29, 1.82) is 0 Å². The van der Waals surface area contributed by atoms with Gasteiger partial charge in [-0.3, -0.25) is 0 Å². The highest BCUT2D eigenvalue weighted by molar-refractivity contribution is 5.69. The van der Waals surface area contributed by atoms with Crippen molar-refractivity contribution in [3.8, 4) is 11.1 Å². The van der Waals surface area contributed by atoms with Gasteiger partial charge in [-0.25, -0.2) is 0 Å². The Morgan fingerprint density at radius 2 is 1.63 bits per heavy atom. The van der Waals surface area contributed by atoms with E-state index >= 15 is 0 Å². The Morgan fingerprint density at radius 3 is 2.27 bits per heavy atom. The Morgan fingerprint density at radius 1 is 0.967 bits per heavy atom. The third-order valence-corrected chi connectivity index (χ3v) is 5.97. The first kappa shape index (κ1) is 22.5. The lowest BCUT2D eigenvalue weighted by Crippen LogP contribution is -2.33. The van der Waals surface area contributed by atoms with Crippen molar-refractivity contribution < 1.29 is 14.9 Å². The molecule has 0 amide bonds. The molecule has 1 aromatic rings. The van der Waals surface area contributed by atoms with E-state index in [2.05, 4.69) is 74.5 Å². The second-order valence-electron chi connectivity index (χ2n) is 8.00. The minimum absolute atomic E-state index is 0.0553. The molecule has 2 N–H and O–H groups in total. The highest BCUT2D eigenvalue weighted by Gasteiger charge is 2.29. The molecule has 0 saturated carbocycles. The molecule has 0 aromatic heterocycles. The SMILES string of the molecule is CC.Cc1ccc(C2CC(O)CC(CO)O2)cc1C(C)c1cc2cccccc-2c1. The van der Waals surface area contributed by atoms with Crippen LogP contribution in [0.2, 0.25) is 0 Å². The molecule has 4 atom stereocenters. The molecule has 3 nitrogen and oxygen atoms in total. The third kappa shape index (κ3) is 4.92. The van der Waals surface area contributed by atoms with Gasteiger partial charge in [0, 0.05) is 18.8 Å². The molecule has 2 aliphatic carbocycles. The third-order valence-electron chi connectivity index (χ3n) is 5.97. The summed E-state index contributed by atoms with van der Waals surface area (Å²) in [6.45, 7) is 8.33. The van der Waals surface area contributed by atoms with Crippen LogP contribution < -0.4 is 0 Å². The van der Waals surface area contributed by atoms with E-state index in [-0.39, 0.29) is 24.7 Å². The van der Waals surface area contributed by atoms with Gasteiger partial charge in [-0.2, -0.15) is 0 Å². The summed E-state index contributed by atoms with van der Waals surface area (Å²) in [6.07, 6.45) is 0.172. The maximum Gasteiger partial charge on any atom is 0.0854 e. The van der Waals surface area contributed by atoms with Gasteiger partial charge in [0.15, 0.2) is 0 Å². The smallest absolute Gasteiger partial charge is 0.0854 e. The molecule has 1 aliphatic heterocycles. The molecular weight excluding hydrogens is 372 g/mol. The highest BCUT2D eigenvalue weighted by Crippen LogP contribution is 2.37. The molecule has 0 radical (unpaired) electrons. The maximum atomic E-state index is 10.2. The second kappa shape index (κ2) is 10.2. The van der Waals surface area contributed by atoms with Crippen molar-refractivity contribution in [3.05, 3.63) is 82.9 Å². The molecule has 0 spiro atoms. The molecule has 1 fully saturated rings. The van der Waals surface area contributed by atoms with Crippen LogP contribution in [0.4, 0.5) is 0 Å². The van der Waals surface area contributed by atoms with Crippen LogP contribution in [0.25, 0.3) is 11.1 Å². The molecular formula is C27H34O3. The van der Waals surface area contributed by atoms with Crippen molar-refractivity contribution >= 4 is 0 Å². The van der Waals surface area contributed by atoms with E-state index in [0.29, 0.717) is 12.8 Å². The normalized spacial score (nSPS) is 22.3. The molecule has 4 unspecified atom stereocenters. The van der Waals surface area contributed by atoms with E-state index in [4.69, 9.17) is 4.74 Å². The predicted octanol–water partition coefficient (Wildman–Crippen LogP) is 5.85. The van der Waals surface area contributed by atoms with Crippen molar-refractivity contribution in [2.45, 2.75) is 64.8 Å². The number of ether oxygens (including phenoxy) is 1. The molecule has 3 heteroatoms. The summed E-state index contributed by atoms with van der Waals surface area (Å²) >= 11 is 0. The lowest BCUT2D eigenvalue weighted by Gasteiger charge is -2.33. The summed E-state index contributed by atoms with van der Waals surface area (Å²) in [6, 6.07) is 21.5. The zero-order valence-electron chi connectivity index (χ0n) is 18.5. The van der Waals surface area contributed by atoms with Gasteiger partial charge in [0.05, 0.1) is 24.9 Å². The van der Waals surface area contributed by atoms with Crippen LogP contribution in [0.5, 0.6) is 0 Å². The van der Waals surface area contributed by atoms with Crippen LogP contribution in [0.15, 0.2) is 60.7 Å². The number of fused-ring (bicyclic) bond motifs is 1. The average molecular weight is 407 g/mol. The Kier molecular flexibility index (Phi) is 7.65. The molecule has 30 heavy (non-hydrogen) atoms. The van der Waals surface area contributed by atoms with Crippen LogP contribution in [0.3, 0.4) is 0 Å². The highest BCUT2D eigenvalue weighted by atomic mass is 16.5. The zero-order chi connectivity index (χ0) is 21.7. The molecule has 1 heterocycles. The van der Waals surface area contributed by atoms with Gasteiger partial charge in [-0.05, 0) is 40.3 Å². The largest absolute Gasteiger partial charge is 0.394 e. The van der Waals surface area contributed by atoms with Crippen molar-refractivity contribution in [2.75, 3.05) is 6.61 Å². The lowest BCUT2D eigenvalue weighted by atomic mass is 9.87. The van der Waals surface area contributed by atoms with E-state index in [1.807, 2.05) is 13.8 Å². The standard InChI is InChI=1S/C25H28O3.C2H6/c1-16-8-9-20(25-14-22(27)13-23(15-26)28-25)12-24(16)17(2)21-10-18-6-4-3-5-7-19(18)11-21;1-2/h3-12,17,22-23,25-27H,13-15H2,1-2H3;1-2H3. The Labute approximate surface area is 180 Å². The monoisotopic (exact) mass is 406 g/mol. The number of rotatable bonds is 4. The van der Waals surface area contributed by atoms with E-state index in [1.165, 1.54) is 27.8 Å². The number of aliphatic hydroxyl groups is 2. The van der Waals surface area contributed by atoms with Crippen LogP contribution in [0.1, 0.15) is 67.9 Å². The quantitative estimate of drug-likeness (QED) is 0.571. The number of aliphatic hydroxyl groups excluding tert-OH is 2. The molecule has 3 aliphatic rings. The first-order chi connectivity index (χ1) is 14.5. The number of hydrogen-bond acceptors (Lipinski definition) is 3. The van der Waals surface area contributed by atoms with Gasteiger partial charge >= 0.3 is 0 Å². The molecule has 4 rings (SSSR count). The van der Waals surface area contributed by atoms with Gasteiger partial charge in [-0.1, -0.05) is 81.4 Å². The Balaban J connectivity index is 0.00000124. The fraction of sp³-hybridized carbons (Fsp3) is 0.407. The minimum atomic E-state index is -0.431. The number of benzene rings is 1. The van der Waals surface area contributed by atoms with Gasteiger partial charge in [-0.15, -0.1) is 0 Å². The number of aryl methyl sites for hydroxylation is 1. The van der Waals surface area contributed by atoms with E-state index in [0.717, 1.165) is 5.56 Å². The van der Waals surface area contributed by atoms with Crippen LogP contribution in [-0.4, -0.2) is 29.0 Å². The predicted molar refractivity (Wildman–Crippen MR) is 123 cm³/mol. The molecule has 1 aromatic carbocycles. The zero-order valence-corrected chi connectivity index (χ0v) is 18.5. The maximum absolute atomic E-state index is 10.2. The van der Waals surface area contributed by atoms with Crippen LogP contribution in [0, 0.1) is 6.92 Å². The summed E-state index contributed by atoms with van der Waals surface area (Å²) in [4.78, 5) is 0. The van der Waals surface area contributed by atoms with Crippen molar-refractivity contribution in [1.82, 2.24) is 0 Å². The summed E-state index contributed by atoms with van der Waals surface area (Å²) in [5, 5.41) is 19.6. The van der Waals surface area contributed by atoms with Gasteiger partial charge in [0.25, 0.3) is 0 Å². The molecule has 1 saturated heterocycles. The Bertz CT molecular complexity index is 889. The molecule has 160 valence electrons. The minimum Gasteiger partial charge on any atom is -0.394 e. The van der Waals surface area contributed by atoms with Gasteiger partial charge < -0.3 is 14.9 Å².